The van der Waals surface area contributed by atoms with Crippen LogP contribution in [0.5, 0.6) is 5.75 Å². The lowest BCUT2D eigenvalue weighted by Crippen LogP contribution is -2.31. The number of rotatable bonds is 6. The lowest BCUT2D eigenvalue weighted by atomic mass is 10.1. The summed E-state index contributed by atoms with van der Waals surface area (Å²) in [4.78, 5) is 25.6. The second-order valence-electron chi connectivity index (χ2n) is 6.28. The number of nitrogens with zero attached hydrogens (tertiary/aromatic N) is 1. The Labute approximate surface area is 157 Å². The van der Waals surface area contributed by atoms with Crippen LogP contribution in [0.3, 0.4) is 0 Å². The van der Waals surface area contributed by atoms with Gasteiger partial charge >= 0.3 is 0 Å². The molecule has 0 unspecified atom stereocenters. The van der Waals surface area contributed by atoms with Crippen molar-refractivity contribution in [2.75, 3.05) is 18.1 Å². The van der Waals surface area contributed by atoms with E-state index < -0.39 is 0 Å². The van der Waals surface area contributed by atoms with E-state index >= 15 is 0 Å². The third kappa shape index (κ3) is 4.55. The molecule has 0 bridgehead atoms. The molecule has 0 spiro atoms. The Morgan fingerprint density at radius 1 is 1.27 bits per heavy atom. The van der Waals surface area contributed by atoms with Crippen molar-refractivity contribution < 1.29 is 14.3 Å². The fraction of sp³-hybridized carbons (Fsp3) is 0.300. The first-order chi connectivity index (χ1) is 12.5. The first-order valence-corrected chi connectivity index (χ1v) is 8.99. The van der Waals surface area contributed by atoms with Gasteiger partial charge in [0.2, 0.25) is 5.91 Å². The Morgan fingerprint density at radius 2 is 2.04 bits per heavy atom. The molecule has 6 heteroatoms. The van der Waals surface area contributed by atoms with E-state index in [1.807, 2.05) is 37.3 Å². The van der Waals surface area contributed by atoms with Crippen molar-refractivity contribution in [1.82, 2.24) is 5.32 Å². The molecule has 3 rings (SSSR count). The van der Waals surface area contributed by atoms with Gasteiger partial charge in [-0.3, -0.25) is 9.59 Å². The average Bonchev–Trinajstić information content (AvgIpc) is 3.06. The lowest BCUT2D eigenvalue weighted by Gasteiger charge is -2.17. The van der Waals surface area contributed by atoms with Gasteiger partial charge in [0.15, 0.2) is 6.61 Å². The first-order valence-electron chi connectivity index (χ1n) is 8.61. The van der Waals surface area contributed by atoms with Gasteiger partial charge in [-0.2, -0.15) is 0 Å². The fourth-order valence-corrected chi connectivity index (χ4v) is 3.13. The van der Waals surface area contributed by atoms with Crippen molar-refractivity contribution in [2.24, 2.45) is 0 Å². The highest BCUT2D eigenvalue weighted by Gasteiger charge is 2.21. The molecule has 0 aliphatic carbocycles. The average molecular weight is 373 g/mol. The predicted molar refractivity (Wildman–Crippen MR) is 102 cm³/mol. The maximum absolute atomic E-state index is 12.1. The molecule has 1 N–H and O–H groups in total. The van der Waals surface area contributed by atoms with E-state index in [2.05, 4.69) is 5.32 Å². The molecule has 1 aliphatic rings. The quantitative estimate of drug-likeness (QED) is 0.840. The van der Waals surface area contributed by atoms with Gasteiger partial charge in [0.1, 0.15) is 5.75 Å². The molecule has 2 aromatic carbocycles. The summed E-state index contributed by atoms with van der Waals surface area (Å²) in [7, 11) is 0. The van der Waals surface area contributed by atoms with Gasteiger partial charge in [-0.25, -0.2) is 0 Å². The summed E-state index contributed by atoms with van der Waals surface area (Å²) in [5.74, 6) is 0.523. The molecule has 0 saturated carbocycles. The van der Waals surface area contributed by atoms with E-state index in [0.717, 1.165) is 24.2 Å². The van der Waals surface area contributed by atoms with Crippen LogP contribution in [0.2, 0.25) is 5.02 Å². The summed E-state index contributed by atoms with van der Waals surface area (Å²) >= 11 is 5.97. The topological polar surface area (TPSA) is 58.6 Å². The second-order valence-corrected chi connectivity index (χ2v) is 6.71. The highest BCUT2D eigenvalue weighted by atomic mass is 35.5. The first kappa shape index (κ1) is 18.3. The Kier molecular flexibility index (Phi) is 5.78. The van der Waals surface area contributed by atoms with Crippen LogP contribution in [0.4, 0.5) is 5.69 Å². The lowest BCUT2D eigenvalue weighted by molar-refractivity contribution is -0.123. The predicted octanol–water partition coefficient (Wildman–Crippen LogP) is 3.72. The minimum Gasteiger partial charge on any atom is -0.484 e. The van der Waals surface area contributed by atoms with Gasteiger partial charge in [-0.05, 0) is 55.3 Å². The van der Waals surface area contributed by atoms with Crippen molar-refractivity contribution in [3.8, 4) is 5.75 Å². The number of carbonyl (C=O) groups is 2. The van der Waals surface area contributed by atoms with Crippen molar-refractivity contribution in [3.63, 3.8) is 0 Å². The van der Waals surface area contributed by atoms with Crippen LogP contribution in [-0.4, -0.2) is 25.0 Å². The molecule has 26 heavy (non-hydrogen) atoms. The van der Waals surface area contributed by atoms with Crippen LogP contribution in [0.25, 0.3) is 0 Å². The zero-order chi connectivity index (χ0) is 18.5. The van der Waals surface area contributed by atoms with E-state index in [1.54, 1.807) is 23.1 Å². The third-order valence-corrected chi connectivity index (χ3v) is 4.55. The Balaban J connectivity index is 1.50. The highest BCUT2D eigenvalue weighted by molar-refractivity contribution is 6.30. The number of halogens is 1. The molecular formula is C20H21ClN2O3. The highest BCUT2D eigenvalue weighted by Crippen LogP contribution is 2.24. The summed E-state index contributed by atoms with van der Waals surface area (Å²) in [5.41, 5.74) is 1.80. The smallest absolute Gasteiger partial charge is 0.258 e. The van der Waals surface area contributed by atoms with E-state index in [-0.39, 0.29) is 24.5 Å². The SMILES string of the molecule is C[C@@H](NC(=O)COc1ccc(N2CCCC2=O)cc1)c1cccc(Cl)c1. The molecule has 1 saturated heterocycles. The molecule has 1 heterocycles. The van der Waals surface area contributed by atoms with Gasteiger partial charge < -0.3 is 15.0 Å². The van der Waals surface area contributed by atoms with Gasteiger partial charge in [0.05, 0.1) is 6.04 Å². The molecular weight excluding hydrogens is 352 g/mol. The van der Waals surface area contributed by atoms with Crippen LogP contribution in [0.15, 0.2) is 48.5 Å². The van der Waals surface area contributed by atoms with Crippen LogP contribution in [0, 0.1) is 0 Å². The van der Waals surface area contributed by atoms with Crippen LogP contribution < -0.4 is 15.0 Å². The molecule has 2 amide bonds. The van der Waals surface area contributed by atoms with E-state index in [1.165, 1.54) is 0 Å². The maximum atomic E-state index is 12.1. The molecule has 136 valence electrons. The maximum Gasteiger partial charge on any atom is 0.258 e. The number of ether oxygens (including phenoxy) is 1. The number of benzene rings is 2. The molecule has 1 fully saturated rings. The molecule has 5 nitrogen and oxygen atoms in total. The zero-order valence-electron chi connectivity index (χ0n) is 14.6. The molecule has 1 aliphatic heterocycles. The fourth-order valence-electron chi connectivity index (χ4n) is 2.93. The standard InChI is InChI=1S/C20H21ClN2O3/c1-14(15-4-2-5-16(21)12-15)22-19(24)13-26-18-9-7-17(8-10-18)23-11-3-6-20(23)25/h2,4-5,7-10,12,14H,3,6,11,13H2,1H3,(H,22,24)/t14-/m1/s1. The number of nitrogens with one attached hydrogen (secondary N) is 1. The molecule has 2 aromatic rings. The monoisotopic (exact) mass is 372 g/mol. The summed E-state index contributed by atoms with van der Waals surface area (Å²) in [6.45, 7) is 2.57. The van der Waals surface area contributed by atoms with Crippen LogP contribution in [0.1, 0.15) is 31.4 Å². The zero-order valence-corrected chi connectivity index (χ0v) is 15.3. The minimum absolute atomic E-state index is 0.0765. The molecule has 1 atom stereocenters. The summed E-state index contributed by atoms with van der Waals surface area (Å²) in [6, 6.07) is 14.4. The third-order valence-electron chi connectivity index (χ3n) is 4.32. The molecule has 0 radical (unpaired) electrons. The largest absolute Gasteiger partial charge is 0.484 e. The van der Waals surface area contributed by atoms with Gasteiger partial charge in [0, 0.05) is 23.7 Å². The second kappa shape index (κ2) is 8.23. The number of hydrogen-bond acceptors (Lipinski definition) is 3. The van der Waals surface area contributed by atoms with Crippen molar-refractivity contribution >= 4 is 29.1 Å². The van der Waals surface area contributed by atoms with Crippen molar-refractivity contribution in [3.05, 3.63) is 59.1 Å². The van der Waals surface area contributed by atoms with Gasteiger partial charge in [0.25, 0.3) is 5.91 Å². The normalized spacial score (nSPS) is 15.0. The van der Waals surface area contributed by atoms with E-state index in [4.69, 9.17) is 16.3 Å². The summed E-state index contributed by atoms with van der Waals surface area (Å²) < 4.78 is 5.53. The number of anilines is 1. The Morgan fingerprint density at radius 3 is 2.69 bits per heavy atom. The van der Waals surface area contributed by atoms with E-state index in [9.17, 15) is 9.59 Å². The van der Waals surface area contributed by atoms with Crippen molar-refractivity contribution in [1.29, 1.82) is 0 Å². The Bertz CT molecular complexity index is 792. The minimum atomic E-state index is -0.212. The van der Waals surface area contributed by atoms with Gasteiger partial charge in [-0.1, -0.05) is 23.7 Å². The van der Waals surface area contributed by atoms with Gasteiger partial charge in [-0.15, -0.1) is 0 Å². The van der Waals surface area contributed by atoms with E-state index in [0.29, 0.717) is 17.2 Å². The molecule has 0 aromatic heterocycles. The summed E-state index contributed by atoms with van der Waals surface area (Å²) in [6.07, 6.45) is 1.49. The number of carbonyl (C=O) groups excluding carboxylic acids is 2. The number of hydrogen-bond donors (Lipinski definition) is 1. The number of amides is 2. The van der Waals surface area contributed by atoms with Crippen molar-refractivity contribution in [2.45, 2.75) is 25.8 Å². The van der Waals surface area contributed by atoms with Crippen LogP contribution >= 0.6 is 11.6 Å². The summed E-state index contributed by atoms with van der Waals surface area (Å²) in [5, 5.41) is 3.52. The Hall–Kier alpha value is -2.53. The van der Waals surface area contributed by atoms with Crippen LogP contribution in [-0.2, 0) is 9.59 Å².